The van der Waals surface area contributed by atoms with Crippen molar-refractivity contribution in [2.45, 2.75) is 6.42 Å². The van der Waals surface area contributed by atoms with Crippen molar-refractivity contribution in [1.82, 2.24) is 0 Å². The number of nitrogens with one attached hydrogen (secondary N) is 1. The zero-order valence-electron chi connectivity index (χ0n) is 6.25. The maximum atomic E-state index is 6.72. The van der Waals surface area contributed by atoms with Crippen LogP contribution in [0.25, 0.3) is 0 Å². The molecule has 0 unspecified atom stereocenters. The van der Waals surface area contributed by atoms with Crippen LogP contribution < -0.4 is 5.73 Å². The Morgan fingerprint density at radius 3 is 2.36 bits per heavy atom. The van der Waals surface area contributed by atoms with E-state index in [0.29, 0.717) is 12.2 Å². The minimum Gasteiger partial charge on any atom is -0.330 e. The Labute approximate surface area is 65.7 Å². The quantitative estimate of drug-likeness (QED) is 0.633. The van der Waals surface area contributed by atoms with Crippen LogP contribution in [0.1, 0.15) is 5.56 Å². The van der Waals surface area contributed by atoms with Gasteiger partial charge in [0.1, 0.15) is 0 Å². The van der Waals surface area contributed by atoms with Crippen molar-refractivity contribution >= 4 is 5.69 Å². The number of nitrogens with two attached hydrogens (primary N) is 1. The van der Waals surface area contributed by atoms with Gasteiger partial charge in [0.05, 0.1) is 5.69 Å². The fraction of sp³-hybridized carbons (Fsp3) is 0.250. The topological polar surface area (TPSA) is 62.2 Å². The molecule has 0 saturated carbocycles. The molecule has 0 bridgehead atoms. The highest BCUT2D eigenvalue weighted by Crippen LogP contribution is 2.11. The second kappa shape index (κ2) is 3.83. The Kier molecular flexibility index (Phi) is 2.74. The molecule has 58 valence electrons. The van der Waals surface area contributed by atoms with Gasteiger partial charge < -0.3 is 5.73 Å². The van der Waals surface area contributed by atoms with Crippen LogP contribution in [0, 0.1) is 5.53 Å². The molecule has 1 aromatic rings. The van der Waals surface area contributed by atoms with E-state index < -0.39 is 0 Å². The maximum absolute atomic E-state index is 6.72. The molecule has 1 aromatic carbocycles. The standard InChI is InChI=1S/C8H11N3/c9-6-5-7-1-3-8(11-10)4-2-7/h1-4,10H,5-6,9H2. The van der Waals surface area contributed by atoms with Gasteiger partial charge in [0.25, 0.3) is 0 Å². The Hall–Kier alpha value is -1.22. The van der Waals surface area contributed by atoms with Crippen LogP contribution in [0.5, 0.6) is 0 Å². The molecule has 3 heteroatoms. The summed E-state index contributed by atoms with van der Waals surface area (Å²) in [5, 5.41) is 3.29. The van der Waals surface area contributed by atoms with Gasteiger partial charge in [-0.05, 0) is 30.7 Å². The zero-order chi connectivity index (χ0) is 8.10. The van der Waals surface area contributed by atoms with E-state index in [-0.39, 0.29) is 0 Å². The Balaban J connectivity index is 2.74. The minimum atomic E-state index is 0.664. The molecule has 0 saturated heterocycles. The van der Waals surface area contributed by atoms with Crippen LogP contribution in [-0.4, -0.2) is 6.54 Å². The first-order valence-corrected chi connectivity index (χ1v) is 3.53. The highest BCUT2D eigenvalue weighted by molar-refractivity contribution is 5.37. The van der Waals surface area contributed by atoms with Gasteiger partial charge in [-0.2, -0.15) is 5.11 Å². The third-order valence-corrected chi connectivity index (χ3v) is 1.50. The zero-order valence-corrected chi connectivity index (χ0v) is 6.25. The highest BCUT2D eigenvalue weighted by atomic mass is 14.9. The maximum Gasteiger partial charge on any atom is 0.0850 e. The number of hydrogen-bond donors (Lipinski definition) is 2. The fourth-order valence-corrected chi connectivity index (χ4v) is 0.904. The SMILES string of the molecule is N=Nc1ccc(CCN)cc1. The van der Waals surface area contributed by atoms with Crippen molar-refractivity contribution in [2.75, 3.05) is 6.54 Å². The summed E-state index contributed by atoms with van der Waals surface area (Å²) in [6.45, 7) is 0.664. The van der Waals surface area contributed by atoms with Crippen LogP contribution in [0.4, 0.5) is 5.69 Å². The molecule has 1 rings (SSSR count). The summed E-state index contributed by atoms with van der Waals surface area (Å²) in [5.74, 6) is 0. The van der Waals surface area contributed by atoms with E-state index in [1.807, 2.05) is 24.3 Å². The van der Waals surface area contributed by atoms with Gasteiger partial charge in [0.15, 0.2) is 0 Å². The van der Waals surface area contributed by atoms with Crippen LogP contribution in [0.3, 0.4) is 0 Å². The van der Waals surface area contributed by atoms with Crippen LogP contribution >= 0.6 is 0 Å². The lowest BCUT2D eigenvalue weighted by Crippen LogP contribution is -2.01. The van der Waals surface area contributed by atoms with Crippen LogP contribution in [0.2, 0.25) is 0 Å². The van der Waals surface area contributed by atoms with Crippen molar-refractivity contribution in [3.05, 3.63) is 29.8 Å². The van der Waals surface area contributed by atoms with E-state index in [1.165, 1.54) is 5.56 Å². The molecule has 0 aliphatic rings. The van der Waals surface area contributed by atoms with E-state index in [2.05, 4.69) is 5.11 Å². The minimum absolute atomic E-state index is 0.664. The van der Waals surface area contributed by atoms with Gasteiger partial charge in [-0.25, -0.2) is 5.53 Å². The fourth-order valence-electron chi connectivity index (χ4n) is 0.904. The average molecular weight is 149 g/mol. The van der Waals surface area contributed by atoms with Gasteiger partial charge in [0, 0.05) is 0 Å². The molecule has 0 radical (unpaired) electrons. The molecular formula is C8H11N3. The third kappa shape index (κ3) is 2.13. The average Bonchev–Trinajstić information content (AvgIpc) is 2.07. The molecule has 3 N–H and O–H groups in total. The first kappa shape index (κ1) is 7.88. The summed E-state index contributed by atoms with van der Waals surface area (Å²) in [6, 6.07) is 7.52. The van der Waals surface area contributed by atoms with Crippen LogP contribution in [-0.2, 0) is 6.42 Å². The van der Waals surface area contributed by atoms with Crippen molar-refractivity contribution in [1.29, 1.82) is 5.53 Å². The number of hydrogen-bond acceptors (Lipinski definition) is 3. The van der Waals surface area contributed by atoms with Gasteiger partial charge in [0.2, 0.25) is 0 Å². The summed E-state index contributed by atoms with van der Waals surface area (Å²) in [5.41, 5.74) is 14.0. The Morgan fingerprint density at radius 1 is 1.27 bits per heavy atom. The predicted molar refractivity (Wildman–Crippen MR) is 44.0 cm³/mol. The highest BCUT2D eigenvalue weighted by Gasteiger charge is 1.90. The summed E-state index contributed by atoms with van der Waals surface area (Å²) in [7, 11) is 0. The molecule has 0 fully saturated rings. The number of rotatable bonds is 3. The normalized spacial score (nSPS) is 9.55. The van der Waals surface area contributed by atoms with E-state index in [0.717, 1.165) is 6.42 Å². The summed E-state index contributed by atoms with van der Waals surface area (Å²) >= 11 is 0. The van der Waals surface area contributed by atoms with Crippen molar-refractivity contribution in [3.8, 4) is 0 Å². The molecule has 0 amide bonds. The first-order chi connectivity index (χ1) is 5.36. The lowest BCUT2D eigenvalue weighted by molar-refractivity contribution is 0.968. The first-order valence-electron chi connectivity index (χ1n) is 3.53. The molecule has 0 spiro atoms. The molecule has 0 aliphatic heterocycles. The molecule has 0 heterocycles. The van der Waals surface area contributed by atoms with Gasteiger partial charge in [-0.1, -0.05) is 12.1 Å². The van der Waals surface area contributed by atoms with E-state index in [4.69, 9.17) is 11.3 Å². The summed E-state index contributed by atoms with van der Waals surface area (Å²) in [6.07, 6.45) is 0.887. The third-order valence-electron chi connectivity index (χ3n) is 1.50. The van der Waals surface area contributed by atoms with Crippen molar-refractivity contribution < 1.29 is 0 Å². The Morgan fingerprint density at radius 2 is 1.91 bits per heavy atom. The lowest BCUT2D eigenvalue weighted by Gasteiger charge is -1.96. The monoisotopic (exact) mass is 149 g/mol. The molecular weight excluding hydrogens is 138 g/mol. The number of benzene rings is 1. The predicted octanol–water partition coefficient (Wildman–Crippen LogP) is 1.85. The smallest absolute Gasteiger partial charge is 0.0850 e. The van der Waals surface area contributed by atoms with Gasteiger partial charge in [-0.15, -0.1) is 0 Å². The van der Waals surface area contributed by atoms with E-state index >= 15 is 0 Å². The Bertz CT molecular complexity index is 228. The molecule has 0 aliphatic carbocycles. The summed E-state index contributed by atoms with van der Waals surface area (Å²) < 4.78 is 0. The van der Waals surface area contributed by atoms with E-state index in [9.17, 15) is 0 Å². The molecule has 0 atom stereocenters. The van der Waals surface area contributed by atoms with Gasteiger partial charge in [-0.3, -0.25) is 0 Å². The lowest BCUT2D eigenvalue weighted by atomic mass is 10.1. The molecule has 3 nitrogen and oxygen atoms in total. The molecule has 11 heavy (non-hydrogen) atoms. The van der Waals surface area contributed by atoms with Crippen molar-refractivity contribution in [2.24, 2.45) is 10.8 Å². The second-order valence-corrected chi connectivity index (χ2v) is 2.32. The van der Waals surface area contributed by atoms with E-state index in [1.54, 1.807) is 0 Å². The van der Waals surface area contributed by atoms with Gasteiger partial charge >= 0.3 is 0 Å². The number of nitrogens with zero attached hydrogens (tertiary/aromatic N) is 1. The second-order valence-electron chi connectivity index (χ2n) is 2.32. The van der Waals surface area contributed by atoms with Crippen molar-refractivity contribution in [3.63, 3.8) is 0 Å². The van der Waals surface area contributed by atoms with Crippen LogP contribution in [0.15, 0.2) is 29.4 Å². The summed E-state index contributed by atoms with van der Waals surface area (Å²) in [4.78, 5) is 0. The molecule has 0 aromatic heterocycles. The largest absolute Gasteiger partial charge is 0.330 e.